The van der Waals surface area contributed by atoms with Gasteiger partial charge in [0.25, 0.3) is 0 Å². The van der Waals surface area contributed by atoms with Crippen molar-refractivity contribution in [3.05, 3.63) is 48.5 Å². The minimum Gasteiger partial charge on any atom is -0.399 e. The summed E-state index contributed by atoms with van der Waals surface area (Å²) in [4.78, 5) is 0.255. The van der Waals surface area contributed by atoms with Crippen molar-refractivity contribution < 1.29 is 8.42 Å². The van der Waals surface area contributed by atoms with Crippen molar-refractivity contribution in [2.45, 2.75) is 31.2 Å². The molecule has 5 heteroatoms. The molecule has 2 aromatic carbocycles. The van der Waals surface area contributed by atoms with E-state index in [4.69, 9.17) is 5.73 Å². The smallest absolute Gasteiger partial charge is 0.241 e. The molecule has 4 nitrogen and oxygen atoms in total. The van der Waals surface area contributed by atoms with E-state index in [1.54, 1.807) is 30.3 Å². The summed E-state index contributed by atoms with van der Waals surface area (Å²) in [6.45, 7) is 5.44. The highest BCUT2D eigenvalue weighted by molar-refractivity contribution is 7.89. The summed E-state index contributed by atoms with van der Waals surface area (Å²) < 4.78 is 27.8. The van der Waals surface area contributed by atoms with E-state index < -0.39 is 15.6 Å². The molecule has 2 rings (SSSR count). The van der Waals surface area contributed by atoms with E-state index in [9.17, 15) is 8.42 Å². The molecule has 0 atom stereocenters. The van der Waals surface area contributed by atoms with E-state index in [0.717, 1.165) is 5.56 Å². The van der Waals surface area contributed by atoms with Crippen molar-refractivity contribution in [3.63, 3.8) is 0 Å². The molecule has 0 unspecified atom stereocenters. The van der Waals surface area contributed by atoms with Gasteiger partial charge < -0.3 is 5.73 Å². The Morgan fingerprint density at radius 1 is 1.00 bits per heavy atom. The molecule has 0 aliphatic carbocycles. The largest absolute Gasteiger partial charge is 0.399 e. The average molecular weight is 304 g/mol. The number of nitrogens with two attached hydrogens (primary N) is 1. The second-order valence-corrected chi connectivity index (χ2v) is 7.63. The van der Waals surface area contributed by atoms with Crippen LogP contribution in [0.15, 0.2) is 53.4 Å². The van der Waals surface area contributed by atoms with Gasteiger partial charge in [-0.3, -0.25) is 0 Å². The molecule has 0 saturated carbocycles. The van der Waals surface area contributed by atoms with E-state index >= 15 is 0 Å². The van der Waals surface area contributed by atoms with Crippen molar-refractivity contribution in [1.29, 1.82) is 0 Å². The Morgan fingerprint density at radius 2 is 1.67 bits per heavy atom. The summed E-state index contributed by atoms with van der Waals surface area (Å²) in [6.07, 6.45) is 0. The minimum atomic E-state index is -3.60. The van der Waals surface area contributed by atoms with E-state index in [0.29, 0.717) is 11.3 Å². The molecule has 0 heterocycles. The van der Waals surface area contributed by atoms with Crippen LogP contribution in [0.2, 0.25) is 0 Å². The Bertz CT molecular complexity index is 747. The minimum absolute atomic E-state index is 0.255. The highest BCUT2D eigenvalue weighted by Crippen LogP contribution is 2.28. The first kappa shape index (κ1) is 15.5. The third kappa shape index (κ3) is 3.83. The number of hydrogen-bond donors (Lipinski definition) is 2. The number of anilines is 1. The van der Waals surface area contributed by atoms with Crippen molar-refractivity contribution in [2.24, 2.45) is 0 Å². The molecule has 0 saturated heterocycles. The van der Waals surface area contributed by atoms with Gasteiger partial charge in [-0.05, 0) is 44.5 Å². The van der Waals surface area contributed by atoms with Gasteiger partial charge in [0, 0.05) is 16.8 Å². The zero-order valence-electron chi connectivity index (χ0n) is 12.4. The Labute approximate surface area is 126 Å². The summed E-state index contributed by atoms with van der Waals surface area (Å²) >= 11 is 0. The summed E-state index contributed by atoms with van der Waals surface area (Å²) in [5.74, 6) is 0. The fourth-order valence-corrected chi connectivity index (χ4v) is 3.75. The van der Waals surface area contributed by atoms with E-state index in [-0.39, 0.29) is 4.90 Å². The molecule has 0 bridgehead atoms. The van der Waals surface area contributed by atoms with Crippen molar-refractivity contribution in [1.82, 2.24) is 4.72 Å². The maximum atomic E-state index is 12.6. The first-order valence-corrected chi connectivity index (χ1v) is 8.16. The highest BCUT2D eigenvalue weighted by Gasteiger charge is 2.24. The number of nitrogens with one attached hydrogen (secondary N) is 1. The summed E-state index contributed by atoms with van der Waals surface area (Å²) in [5, 5.41) is 0. The molecule has 0 amide bonds. The van der Waals surface area contributed by atoms with Crippen molar-refractivity contribution >= 4 is 15.7 Å². The Kier molecular flexibility index (Phi) is 4.07. The zero-order chi connectivity index (χ0) is 15.7. The molecule has 0 spiro atoms. The van der Waals surface area contributed by atoms with Crippen LogP contribution >= 0.6 is 0 Å². The molecule has 0 aromatic heterocycles. The molecule has 112 valence electrons. The molecular formula is C16H20N2O2S. The molecule has 2 aromatic rings. The van der Waals surface area contributed by atoms with Crippen LogP contribution < -0.4 is 10.5 Å². The Hall–Kier alpha value is -1.85. The van der Waals surface area contributed by atoms with E-state index in [1.807, 2.05) is 39.0 Å². The van der Waals surface area contributed by atoms with Crippen LogP contribution in [-0.2, 0) is 10.0 Å². The Morgan fingerprint density at radius 3 is 2.29 bits per heavy atom. The van der Waals surface area contributed by atoms with Crippen LogP contribution in [0.1, 0.15) is 20.8 Å². The molecule has 0 fully saturated rings. The fourth-order valence-electron chi connectivity index (χ4n) is 2.10. The molecule has 3 N–H and O–H groups in total. The summed E-state index contributed by atoms with van der Waals surface area (Å²) in [7, 11) is -3.60. The van der Waals surface area contributed by atoms with Crippen LogP contribution in [0, 0.1) is 0 Å². The molecular weight excluding hydrogens is 284 g/mol. The van der Waals surface area contributed by atoms with Gasteiger partial charge >= 0.3 is 0 Å². The van der Waals surface area contributed by atoms with Gasteiger partial charge in [-0.15, -0.1) is 0 Å². The number of rotatable bonds is 3. The number of sulfonamides is 1. The lowest BCUT2D eigenvalue weighted by Crippen LogP contribution is -2.40. The monoisotopic (exact) mass is 304 g/mol. The van der Waals surface area contributed by atoms with Crippen LogP contribution in [-0.4, -0.2) is 14.0 Å². The maximum Gasteiger partial charge on any atom is 0.241 e. The lowest BCUT2D eigenvalue weighted by Gasteiger charge is -2.21. The lowest BCUT2D eigenvalue weighted by molar-refractivity contribution is 0.491. The van der Waals surface area contributed by atoms with Crippen molar-refractivity contribution in [2.75, 3.05) is 5.73 Å². The summed E-state index contributed by atoms with van der Waals surface area (Å²) in [6, 6.07) is 14.1. The van der Waals surface area contributed by atoms with Gasteiger partial charge in [0.2, 0.25) is 10.0 Å². The first-order chi connectivity index (χ1) is 9.69. The topological polar surface area (TPSA) is 72.2 Å². The average Bonchev–Trinajstić information content (AvgIpc) is 2.36. The normalized spacial score (nSPS) is 12.3. The third-order valence-electron chi connectivity index (χ3n) is 2.81. The van der Waals surface area contributed by atoms with Crippen LogP contribution in [0.3, 0.4) is 0 Å². The van der Waals surface area contributed by atoms with Gasteiger partial charge in [-0.2, -0.15) is 0 Å². The second-order valence-electron chi connectivity index (χ2n) is 5.98. The zero-order valence-corrected chi connectivity index (χ0v) is 13.2. The van der Waals surface area contributed by atoms with Crippen molar-refractivity contribution in [3.8, 4) is 11.1 Å². The highest BCUT2D eigenvalue weighted by atomic mass is 32.2. The van der Waals surface area contributed by atoms with Crippen LogP contribution in [0.4, 0.5) is 5.69 Å². The van der Waals surface area contributed by atoms with Crippen LogP contribution in [0.25, 0.3) is 11.1 Å². The third-order valence-corrected chi connectivity index (χ3v) is 4.63. The predicted octanol–water partition coefficient (Wildman–Crippen LogP) is 3.01. The maximum absolute atomic E-state index is 12.6. The SMILES string of the molecule is CC(C)(C)NS(=O)(=O)c1ccccc1-c1cccc(N)c1. The lowest BCUT2D eigenvalue weighted by atomic mass is 10.1. The number of nitrogen functional groups attached to an aromatic ring is 1. The molecule has 0 radical (unpaired) electrons. The second kappa shape index (κ2) is 5.50. The molecule has 21 heavy (non-hydrogen) atoms. The van der Waals surface area contributed by atoms with Crippen LogP contribution in [0.5, 0.6) is 0 Å². The first-order valence-electron chi connectivity index (χ1n) is 6.68. The van der Waals surface area contributed by atoms with Gasteiger partial charge in [-0.1, -0.05) is 30.3 Å². The van der Waals surface area contributed by atoms with Gasteiger partial charge in [0.15, 0.2) is 0 Å². The van der Waals surface area contributed by atoms with Gasteiger partial charge in [0.1, 0.15) is 0 Å². The quantitative estimate of drug-likeness (QED) is 0.856. The number of hydrogen-bond acceptors (Lipinski definition) is 3. The predicted molar refractivity (Wildman–Crippen MR) is 86.4 cm³/mol. The fraction of sp³-hybridized carbons (Fsp3) is 0.250. The molecule has 0 aliphatic heterocycles. The van der Waals surface area contributed by atoms with E-state index in [2.05, 4.69) is 4.72 Å². The standard InChI is InChI=1S/C16H20N2O2S/c1-16(2,3)18-21(19,20)15-10-5-4-9-14(15)12-7-6-8-13(17)11-12/h4-11,18H,17H2,1-3H3. The molecule has 0 aliphatic rings. The number of benzene rings is 2. The van der Waals surface area contributed by atoms with Gasteiger partial charge in [0.05, 0.1) is 4.90 Å². The van der Waals surface area contributed by atoms with Gasteiger partial charge in [-0.25, -0.2) is 13.1 Å². The van der Waals surface area contributed by atoms with E-state index in [1.165, 1.54) is 0 Å². The summed E-state index contributed by atoms with van der Waals surface area (Å²) in [5.41, 5.74) is 7.27. The Balaban J connectivity index is 2.57.